The molecular formula is C22H26O10. The first kappa shape index (κ1) is 26.5. The van der Waals surface area contributed by atoms with Crippen LogP contribution in [0, 0.1) is 0 Å². The van der Waals surface area contributed by atoms with Crippen molar-refractivity contribution in [3.63, 3.8) is 0 Å². The van der Waals surface area contributed by atoms with Crippen molar-refractivity contribution in [3.8, 4) is 0 Å². The van der Waals surface area contributed by atoms with Crippen molar-refractivity contribution in [2.24, 2.45) is 0 Å². The summed E-state index contributed by atoms with van der Waals surface area (Å²) in [6.07, 6.45) is 0.447. The molecule has 10 nitrogen and oxygen atoms in total. The van der Waals surface area contributed by atoms with Gasteiger partial charge in [-0.15, -0.1) is 0 Å². The second kappa shape index (κ2) is 13.0. The van der Waals surface area contributed by atoms with E-state index in [1.165, 1.54) is 12.1 Å². The summed E-state index contributed by atoms with van der Waals surface area (Å²) in [5.41, 5.74) is -0.336. The molecule has 0 fully saturated rings. The number of carboxylic acid groups (broad SMARTS) is 2. The van der Waals surface area contributed by atoms with Crippen LogP contribution in [-0.4, -0.2) is 60.5 Å². The second-order valence-electron chi connectivity index (χ2n) is 6.37. The molecule has 32 heavy (non-hydrogen) atoms. The van der Waals surface area contributed by atoms with Crippen LogP contribution in [0.4, 0.5) is 0 Å². The third-order valence-electron chi connectivity index (χ3n) is 4.29. The highest BCUT2D eigenvalue weighted by atomic mass is 16.6. The lowest BCUT2D eigenvalue weighted by molar-refractivity contribution is -0.140. The highest BCUT2D eigenvalue weighted by Crippen LogP contribution is 2.33. The van der Waals surface area contributed by atoms with E-state index in [4.69, 9.17) is 18.9 Å². The first-order valence-corrected chi connectivity index (χ1v) is 9.58. The van der Waals surface area contributed by atoms with Crippen LogP contribution in [0.5, 0.6) is 0 Å². The fourth-order valence-corrected chi connectivity index (χ4v) is 2.86. The predicted octanol–water partition coefficient (Wildman–Crippen LogP) is 2.70. The Kier molecular flexibility index (Phi) is 10.8. The molecule has 174 valence electrons. The number of ether oxygens (including phenoxy) is 4. The van der Waals surface area contributed by atoms with E-state index in [1.54, 1.807) is 13.8 Å². The molecule has 1 aromatic rings. The van der Waals surface area contributed by atoms with E-state index in [2.05, 4.69) is 13.2 Å². The number of aromatic carboxylic acids is 2. The number of carboxylic acids is 2. The van der Waals surface area contributed by atoms with E-state index in [0.717, 1.165) is 12.2 Å². The van der Waals surface area contributed by atoms with Gasteiger partial charge in [-0.05, 0) is 25.5 Å². The van der Waals surface area contributed by atoms with Crippen molar-refractivity contribution in [1.29, 1.82) is 0 Å². The zero-order valence-corrected chi connectivity index (χ0v) is 17.9. The molecule has 10 heteroatoms. The maximum absolute atomic E-state index is 11.9. The standard InChI is InChI=1S/C22H26O10/c1-5-17(23)31-11-9-29-13(3)15-7-8-16(21(25)26)20(22(27)28)19(15)14(4)30-10-12-32-18(24)6-2/h5-8,13-14H,1-2,9-12H2,3-4H3,(H,25,26)(H,27,28). The predicted molar refractivity (Wildman–Crippen MR) is 111 cm³/mol. The van der Waals surface area contributed by atoms with E-state index in [9.17, 15) is 29.4 Å². The highest BCUT2D eigenvalue weighted by Gasteiger charge is 2.28. The fraction of sp³-hybridized carbons (Fsp3) is 0.364. The van der Waals surface area contributed by atoms with Crippen LogP contribution in [0.3, 0.4) is 0 Å². The van der Waals surface area contributed by atoms with Gasteiger partial charge >= 0.3 is 23.9 Å². The summed E-state index contributed by atoms with van der Waals surface area (Å²) in [4.78, 5) is 45.8. The minimum atomic E-state index is -1.44. The largest absolute Gasteiger partial charge is 0.478 e. The van der Waals surface area contributed by atoms with Gasteiger partial charge < -0.3 is 29.2 Å². The molecule has 0 aliphatic carbocycles. The third-order valence-corrected chi connectivity index (χ3v) is 4.29. The van der Waals surface area contributed by atoms with Crippen LogP contribution in [0.25, 0.3) is 0 Å². The number of hydrogen-bond donors (Lipinski definition) is 2. The molecule has 0 bridgehead atoms. The van der Waals surface area contributed by atoms with Gasteiger partial charge in [0, 0.05) is 17.7 Å². The molecule has 2 unspecified atom stereocenters. The van der Waals surface area contributed by atoms with Gasteiger partial charge in [0.2, 0.25) is 0 Å². The quantitative estimate of drug-likeness (QED) is 0.246. The van der Waals surface area contributed by atoms with E-state index < -0.39 is 47.2 Å². The Bertz CT molecular complexity index is 874. The molecule has 1 aromatic carbocycles. The Labute approximate surface area is 185 Å². The molecule has 2 atom stereocenters. The SMILES string of the molecule is C=CC(=O)OCCOC(C)c1ccc(C(=O)O)c(C(=O)O)c1C(C)OCCOC(=O)C=C. The Hall–Kier alpha value is -3.50. The zero-order chi connectivity index (χ0) is 24.3. The molecule has 0 saturated carbocycles. The van der Waals surface area contributed by atoms with Gasteiger partial charge in [-0.2, -0.15) is 0 Å². The van der Waals surface area contributed by atoms with Gasteiger partial charge in [-0.25, -0.2) is 19.2 Å². The lowest BCUT2D eigenvalue weighted by atomic mass is 9.90. The van der Waals surface area contributed by atoms with Crippen LogP contribution in [0.15, 0.2) is 37.4 Å². The summed E-state index contributed by atoms with van der Waals surface area (Å²) in [7, 11) is 0. The van der Waals surface area contributed by atoms with E-state index in [0.29, 0.717) is 5.56 Å². The number of hydrogen-bond acceptors (Lipinski definition) is 8. The fourth-order valence-electron chi connectivity index (χ4n) is 2.86. The molecule has 0 amide bonds. The van der Waals surface area contributed by atoms with Gasteiger partial charge in [0.1, 0.15) is 13.2 Å². The summed E-state index contributed by atoms with van der Waals surface area (Å²) in [5, 5.41) is 19.2. The molecule has 0 radical (unpaired) electrons. The number of carbonyl (C=O) groups excluding carboxylic acids is 2. The van der Waals surface area contributed by atoms with Gasteiger partial charge in [0.15, 0.2) is 0 Å². The molecule has 1 rings (SSSR count). The van der Waals surface area contributed by atoms with Crippen molar-refractivity contribution < 1.29 is 48.3 Å². The molecular weight excluding hydrogens is 424 g/mol. The number of benzene rings is 1. The van der Waals surface area contributed by atoms with Crippen molar-refractivity contribution >= 4 is 23.9 Å². The summed E-state index contributed by atoms with van der Waals surface area (Å²) in [5.74, 6) is -4.10. The first-order valence-electron chi connectivity index (χ1n) is 9.58. The topological polar surface area (TPSA) is 146 Å². The van der Waals surface area contributed by atoms with E-state index >= 15 is 0 Å². The monoisotopic (exact) mass is 450 g/mol. The van der Waals surface area contributed by atoms with Gasteiger partial charge in [-0.3, -0.25) is 0 Å². The lowest BCUT2D eigenvalue weighted by Crippen LogP contribution is -2.20. The highest BCUT2D eigenvalue weighted by molar-refractivity contribution is 6.03. The Balaban J connectivity index is 3.16. The zero-order valence-electron chi connectivity index (χ0n) is 17.9. The minimum absolute atomic E-state index is 0.00994. The Morgan fingerprint density at radius 2 is 1.34 bits per heavy atom. The van der Waals surface area contributed by atoms with Crippen LogP contribution < -0.4 is 0 Å². The Morgan fingerprint density at radius 1 is 0.844 bits per heavy atom. The summed E-state index contributed by atoms with van der Waals surface area (Å²) in [6.45, 7) is 9.53. The van der Waals surface area contributed by atoms with Crippen molar-refractivity contribution in [3.05, 3.63) is 59.7 Å². The molecule has 0 aliphatic rings. The van der Waals surface area contributed by atoms with Crippen molar-refractivity contribution in [1.82, 2.24) is 0 Å². The number of carbonyl (C=O) groups is 4. The van der Waals surface area contributed by atoms with Gasteiger partial charge in [0.05, 0.1) is 36.5 Å². The van der Waals surface area contributed by atoms with Crippen molar-refractivity contribution in [2.75, 3.05) is 26.4 Å². The van der Waals surface area contributed by atoms with E-state index in [-0.39, 0.29) is 32.0 Å². The molecule has 0 saturated heterocycles. The van der Waals surface area contributed by atoms with Gasteiger partial charge in [0.25, 0.3) is 0 Å². The average Bonchev–Trinajstić information content (AvgIpc) is 2.77. The summed E-state index contributed by atoms with van der Waals surface area (Å²) in [6, 6.07) is 2.63. The van der Waals surface area contributed by atoms with Crippen LogP contribution in [0.2, 0.25) is 0 Å². The van der Waals surface area contributed by atoms with Gasteiger partial charge in [-0.1, -0.05) is 19.2 Å². The molecule has 2 N–H and O–H groups in total. The molecule has 0 aliphatic heterocycles. The smallest absolute Gasteiger partial charge is 0.336 e. The van der Waals surface area contributed by atoms with Crippen LogP contribution in [0.1, 0.15) is 57.9 Å². The maximum atomic E-state index is 11.9. The number of rotatable bonds is 14. The molecule has 0 aromatic heterocycles. The normalized spacial score (nSPS) is 12.3. The van der Waals surface area contributed by atoms with Crippen LogP contribution >= 0.6 is 0 Å². The first-order chi connectivity index (χ1) is 15.1. The minimum Gasteiger partial charge on any atom is -0.478 e. The maximum Gasteiger partial charge on any atom is 0.336 e. The number of esters is 2. The lowest BCUT2D eigenvalue weighted by Gasteiger charge is -2.24. The summed E-state index contributed by atoms with van der Waals surface area (Å²) >= 11 is 0. The third kappa shape index (κ3) is 7.64. The van der Waals surface area contributed by atoms with Crippen LogP contribution in [-0.2, 0) is 28.5 Å². The average molecular weight is 450 g/mol. The second-order valence-corrected chi connectivity index (χ2v) is 6.37. The van der Waals surface area contributed by atoms with Crippen molar-refractivity contribution in [2.45, 2.75) is 26.1 Å². The molecule has 0 spiro atoms. The Morgan fingerprint density at radius 3 is 1.78 bits per heavy atom. The van der Waals surface area contributed by atoms with E-state index in [1.807, 2.05) is 0 Å². The summed E-state index contributed by atoms with van der Waals surface area (Å²) < 4.78 is 20.9. The molecule has 0 heterocycles.